The average Bonchev–Trinajstić information content (AvgIpc) is 2.54. The van der Waals surface area contributed by atoms with Gasteiger partial charge in [-0.3, -0.25) is 9.59 Å². The van der Waals surface area contributed by atoms with E-state index in [1.54, 1.807) is 24.3 Å². The summed E-state index contributed by atoms with van der Waals surface area (Å²) >= 11 is 0. The largest absolute Gasteiger partial charge is 0.326 e. The first-order valence-electron chi connectivity index (χ1n) is 8.61. The third kappa shape index (κ3) is 5.45. The van der Waals surface area contributed by atoms with E-state index in [2.05, 4.69) is 31.4 Å². The smallest absolute Gasteiger partial charge is 0.255 e. The van der Waals surface area contributed by atoms with Gasteiger partial charge >= 0.3 is 0 Å². The minimum Gasteiger partial charge on any atom is -0.326 e. The lowest BCUT2D eigenvalue weighted by molar-refractivity contribution is -0.116. The van der Waals surface area contributed by atoms with E-state index in [4.69, 9.17) is 0 Å². The van der Waals surface area contributed by atoms with Crippen molar-refractivity contribution in [1.82, 2.24) is 0 Å². The lowest BCUT2D eigenvalue weighted by Crippen LogP contribution is -2.15. The fourth-order valence-corrected chi connectivity index (χ4v) is 2.45. The van der Waals surface area contributed by atoms with Crippen LogP contribution in [0, 0.1) is 0 Å². The Bertz CT molecular complexity index is 743. The van der Waals surface area contributed by atoms with Crippen LogP contribution in [0.3, 0.4) is 0 Å². The van der Waals surface area contributed by atoms with Crippen LogP contribution in [0.2, 0.25) is 0 Å². The number of benzene rings is 2. The fraction of sp³-hybridized carbons (Fsp3) is 0.333. The SMILES string of the molecule is CCCC(=O)Nc1cccc(NC(=O)c2ccc(C(C)(C)C)cc2)c1. The molecule has 0 aliphatic heterocycles. The van der Waals surface area contributed by atoms with Crippen molar-refractivity contribution in [3.05, 3.63) is 59.7 Å². The summed E-state index contributed by atoms with van der Waals surface area (Å²) in [6, 6.07) is 14.8. The first-order chi connectivity index (χ1) is 11.8. The van der Waals surface area contributed by atoms with Gasteiger partial charge in [0.05, 0.1) is 0 Å². The second kappa shape index (κ2) is 7.97. The van der Waals surface area contributed by atoms with Crippen LogP contribution < -0.4 is 10.6 Å². The molecule has 0 spiro atoms. The van der Waals surface area contributed by atoms with E-state index in [0.29, 0.717) is 23.4 Å². The van der Waals surface area contributed by atoms with Crippen molar-refractivity contribution in [2.45, 2.75) is 46.0 Å². The van der Waals surface area contributed by atoms with E-state index in [1.807, 2.05) is 31.2 Å². The number of rotatable bonds is 5. The van der Waals surface area contributed by atoms with Gasteiger partial charge in [-0.1, -0.05) is 45.9 Å². The van der Waals surface area contributed by atoms with Gasteiger partial charge in [0.2, 0.25) is 5.91 Å². The lowest BCUT2D eigenvalue weighted by Gasteiger charge is -2.19. The van der Waals surface area contributed by atoms with Crippen LogP contribution in [0.25, 0.3) is 0 Å². The lowest BCUT2D eigenvalue weighted by atomic mass is 9.87. The van der Waals surface area contributed by atoms with Gasteiger partial charge in [0.15, 0.2) is 0 Å². The highest BCUT2D eigenvalue weighted by Crippen LogP contribution is 2.23. The highest BCUT2D eigenvalue weighted by atomic mass is 16.2. The van der Waals surface area contributed by atoms with Gasteiger partial charge in [-0.05, 0) is 47.7 Å². The standard InChI is InChI=1S/C21H26N2O2/c1-5-7-19(24)22-17-8-6-9-18(14-17)23-20(25)15-10-12-16(13-11-15)21(2,3)4/h6,8-14H,5,7H2,1-4H3,(H,22,24)(H,23,25). The molecule has 0 unspecified atom stereocenters. The Balaban J connectivity index is 2.06. The summed E-state index contributed by atoms with van der Waals surface area (Å²) in [5, 5.41) is 5.70. The first-order valence-corrected chi connectivity index (χ1v) is 8.61. The Labute approximate surface area is 149 Å². The molecule has 0 aliphatic rings. The maximum atomic E-state index is 12.4. The van der Waals surface area contributed by atoms with Crippen molar-refractivity contribution >= 4 is 23.2 Å². The van der Waals surface area contributed by atoms with E-state index in [-0.39, 0.29) is 17.2 Å². The molecule has 0 bridgehead atoms. The Hall–Kier alpha value is -2.62. The third-order valence-corrected chi connectivity index (χ3v) is 3.89. The maximum absolute atomic E-state index is 12.4. The molecule has 132 valence electrons. The van der Waals surface area contributed by atoms with E-state index in [0.717, 1.165) is 6.42 Å². The minimum absolute atomic E-state index is 0.0243. The van der Waals surface area contributed by atoms with Crippen LogP contribution in [-0.4, -0.2) is 11.8 Å². The molecule has 0 aliphatic carbocycles. The van der Waals surface area contributed by atoms with Crippen molar-refractivity contribution in [2.75, 3.05) is 10.6 Å². The molecular formula is C21H26N2O2. The van der Waals surface area contributed by atoms with Gasteiger partial charge in [-0.15, -0.1) is 0 Å². The molecule has 2 rings (SSSR count). The predicted octanol–water partition coefficient (Wildman–Crippen LogP) is 4.98. The molecule has 0 heterocycles. The number of hydrogen-bond acceptors (Lipinski definition) is 2. The average molecular weight is 338 g/mol. The minimum atomic E-state index is -0.169. The van der Waals surface area contributed by atoms with E-state index >= 15 is 0 Å². The van der Waals surface area contributed by atoms with Crippen LogP contribution in [0.15, 0.2) is 48.5 Å². The second-order valence-electron chi connectivity index (χ2n) is 7.16. The third-order valence-electron chi connectivity index (χ3n) is 3.89. The summed E-state index contributed by atoms with van der Waals surface area (Å²) < 4.78 is 0. The molecule has 0 atom stereocenters. The van der Waals surface area contributed by atoms with Gasteiger partial charge in [0, 0.05) is 23.4 Å². The van der Waals surface area contributed by atoms with E-state index in [1.165, 1.54) is 5.56 Å². The van der Waals surface area contributed by atoms with Crippen LogP contribution in [0.4, 0.5) is 11.4 Å². The van der Waals surface area contributed by atoms with Gasteiger partial charge < -0.3 is 10.6 Å². The van der Waals surface area contributed by atoms with Gasteiger partial charge in [0.25, 0.3) is 5.91 Å². The van der Waals surface area contributed by atoms with Crippen LogP contribution in [-0.2, 0) is 10.2 Å². The van der Waals surface area contributed by atoms with E-state index in [9.17, 15) is 9.59 Å². The summed E-state index contributed by atoms with van der Waals surface area (Å²) in [6.45, 7) is 8.38. The Morgan fingerprint density at radius 1 is 0.920 bits per heavy atom. The quantitative estimate of drug-likeness (QED) is 0.808. The zero-order chi connectivity index (χ0) is 18.4. The zero-order valence-corrected chi connectivity index (χ0v) is 15.3. The van der Waals surface area contributed by atoms with E-state index < -0.39 is 0 Å². The first kappa shape index (κ1) is 18.7. The Morgan fingerprint density at radius 3 is 2.08 bits per heavy atom. The highest BCUT2D eigenvalue weighted by Gasteiger charge is 2.14. The van der Waals surface area contributed by atoms with Crippen LogP contribution in [0.5, 0.6) is 0 Å². The number of anilines is 2. The number of carbonyl (C=O) groups excluding carboxylic acids is 2. The predicted molar refractivity (Wildman–Crippen MR) is 103 cm³/mol. The molecule has 2 amide bonds. The molecule has 2 aromatic rings. The van der Waals surface area contributed by atoms with Gasteiger partial charge in [-0.25, -0.2) is 0 Å². The normalized spacial score (nSPS) is 11.0. The van der Waals surface area contributed by atoms with Gasteiger partial charge in [0.1, 0.15) is 0 Å². The monoisotopic (exact) mass is 338 g/mol. The van der Waals surface area contributed by atoms with Crippen molar-refractivity contribution in [3.8, 4) is 0 Å². The number of hydrogen-bond donors (Lipinski definition) is 2. The number of nitrogens with one attached hydrogen (secondary N) is 2. The summed E-state index contributed by atoms with van der Waals surface area (Å²) in [4.78, 5) is 24.1. The highest BCUT2D eigenvalue weighted by molar-refractivity contribution is 6.04. The molecular weight excluding hydrogens is 312 g/mol. The molecule has 0 saturated heterocycles. The molecule has 25 heavy (non-hydrogen) atoms. The topological polar surface area (TPSA) is 58.2 Å². The molecule has 0 fully saturated rings. The molecule has 4 heteroatoms. The molecule has 2 N–H and O–H groups in total. The zero-order valence-electron chi connectivity index (χ0n) is 15.3. The summed E-state index contributed by atoms with van der Waals surface area (Å²) in [6.07, 6.45) is 1.28. The maximum Gasteiger partial charge on any atom is 0.255 e. The second-order valence-corrected chi connectivity index (χ2v) is 7.16. The molecule has 4 nitrogen and oxygen atoms in total. The molecule has 0 radical (unpaired) electrons. The van der Waals surface area contributed by atoms with Crippen LogP contribution in [0.1, 0.15) is 56.5 Å². The van der Waals surface area contributed by atoms with Crippen molar-refractivity contribution < 1.29 is 9.59 Å². The number of carbonyl (C=O) groups is 2. The van der Waals surface area contributed by atoms with Gasteiger partial charge in [-0.2, -0.15) is 0 Å². The van der Waals surface area contributed by atoms with Crippen molar-refractivity contribution in [2.24, 2.45) is 0 Å². The molecule has 0 saturated carbocycles. The fourth-order valence-electron chi connectivity index (χ4n) is 2.45. The number of amides is 2. The van der Waals surface area contributed by atoms with Crippen molar-refractivity contribution in [3.63, 3.8) is 0 Å². The van der Waals surface area contributed by atoms with Crippen LogP contribution >= 0.6 is 0 Å². The van der Waals surface area contributed by atoms with Crippen molar-refractivity contribution in [1.29, 1.82) is 0 Å². The summed E-state index contributed by atoms with van der Waals surface area (Å²) in [5.74, 6) is -0.193. The molecule has 2 aromatic carbocycles. The summed E-state index contributed by atoms with van der Waals surface area (Å²) in [7, 11) is 0. The Kier molecular flexibility index (Phi) is 5.97. The summed E-state index contributed by atoms with van der Waals surface area (Å²) in [5.41, 5.74) is 3.18. The Morgan fingerprint density at radius 2 is 1.52 bits per heavy atom. The molecule has 0 aromatic heterocycles.